The van der Waals surface area contributed by atoms with Crippen molar-refractivity contribution < 1.29 is 26.7 Å². The van der Waals surface area contributed by atoms with Crippen LogP contribution < -0.4 is 10.0 Å². The molecule has 1 aromatic carbocycles. The first-order chi connectivity index (χ1) is 16.6. The summed E-state index contributed by atoms with van der Waals surface area (Å²) in [6.45, 7) is 6.84. The highest BCUT2D eigenvalue weighted by Crippen LogP contribution is 2.55. The summed E-state index contributed by atoms with van der Waals surface area (Å²) in [5, 5.41) is 14.3. The molecule has 0 aromatic heterocycles. The molecule has 2 saturated carbocycles. The van der Waals surface area contributed by atoms with Gasteiger partial charge in [-0.1, -0.05) is 20.8 Å². The van der Waals surface area contributed by atoms with Crippen molar-refractivity contribution in [1.82, 2.24) is 4.90 Å². The van der Waals surface area contributed by atoms with Crippen LogP contribution in [-0.2, 0) is 24.8 Å². The lowest BCUT2D eigenvalue weighted by molar-refractivity contribution is -0.133. The van der Waals surface area contributed by atoms with Crippen LogP contribution in [0, 0.1) is 23.2 Å². The maximum atomic E-state index is 13.8. The first-order valence-electron chi connectivity index (χ1n) is 12.1. The summed E-state index contributed by atoms with van der Waals surface area (Å²) in [6.07, 6.45) is 4.68. The molecule has 2 fully saturated rings. The third-order valence-corrected chi connectivity index (χ3v) is 9.57. The number of carbonyl (C=O) groups is 1. The Hall–Kier alpha value is -2.60. The molecule has 0 saturated heterocycles. The van der Waals surface area contributed by atoms with Crippen molar-refractivity contribution in [1.29, 1.82) is 0 Å². The third-order valence-electron chi connectivity index (χ3n) is 7.65. The van der Waals surface area contributed by atoms with Crippen molar-refractivity contribution in [2.75, 3.05) is 22.8 Å². The van der Waals surface area contributed by atoms with Gasteiger partial charge in [0.1, 0.15) is 16.2 Å². The average Bonchev–Trinajstić information content (AvgIpc) is 3.34. The number of hydrogen-bond donors (Lipinski definition) is 3. The summed E-state index contributed by atoms with van der Waals surface area (Å²) in [5.74, 6) is -0.338. The van der Waals surface area contributed by atoms with Gasteiger partial charge < -0.3 is 15.3 Å². The van der Waals surface area contributed by atoms with Crippen molar-refractivity contribution in [2.45, 2.75) is 57.4 Å². The van der Waals surface area contributed by atoms with Crippen LogP contribution in [-0.4, -0.2) is 57.4 Å². The van der Waals surface area contributed by atoms with Gasteiger partial charge in [-0.25, -0.2) is 8.42 Å². The molecule has 5 rings (SSSR count). The maximum Gasteiger partial charge on any atom is 0.286 e. The Labute approximate surface area is 212 Å². The molecule has 4 aliphatic rings. The van der Waals surface area contributed by atoms with Gasteiger partial charge in [-0.2, -0.15) is 8.42 Å². The number of anilines is 2. The molecule has 1 amide bonds. The second-order valence-electron chi connectivity index (χ2n) is 11.5. The van der Waals surface area contributed by atoms with Gasteiger partial charge in [0.25, 0.3) is 15.9 Å². The van der Waals surface area contributed by atoms with Gasteiger partial charge in [-0.05, 0) is 61.1 Å². The summed E-state index contributed by atoms with van der Waals surface area (Å²) in [6, 6.07) is 3.93. The molecule has 2 heterocycles. The Morgan fingerprint density at radius 3 is 2.58 bits per heavy atom. The lowest BCUT2D eigenvalue weighted by atomic mass is 9.77. The molecule has 3 N–H and O–H groups in total. The van der Waals surface area contributed by atoms with Crippen LogP contribution in [0.1, 0.15) is 46.5 Å². The molecule has 10 nitrogen and oxygen atoms in total. The minimum absolute atomic E-state index is 0.00262. The van der Waals surface area contributed by atoms with Gasteiger partial charge >= 0.3 is 0 Å². The van der Waals surface area contributed by atoms with Crippen LogP contribution >= 0.6 is 0 Å². The highest BCUT2D eigenvalue weighted by molar-refractivity contribution is 7.92. The topological polar surface area (TPSA) is 145 Å². The molecule has 1 aromatic rings. The van der Waals surface area contributed by atoms with Gasteiger partial charge in [0.2, 0.25) is 10.0 Å². The van der Waals surface area contributed by atoms with E-state index in [-0.39, 0.29) is 56.7 Å². The fourth-order valence-corrected chi connectivity index (χ4v) is 7.83. The fourth-order valence-electron chi connectivity index (χ4n) is 6.12. The van der Waals surface area contributed by atoms with Gasteiger partial charge in [-0.15, -0.1) is 4.40 Å². The van der Waals surface area contributed by atoms with E-state index in [1.807, 2.05) is 4.90 Å². The maximum absolute atomic E-state index is 13.8. The van der Waals surface area contributed by atoms with E-state index in [4.69, 9.17) is 0 Å². The Balaban J connectivity index is 1.55. The number of carbonyl (C=O) groups excluding carboxylic acids is 1. The van der Waals surface area contributed by atoms with E-state index in [0.29, 0.717) is 12.5 Å². The minimum atomic E-state index is -4.28. The van der Waals surface area contributed by atoms with E-state index in [0.717, 1.165) is 31.9 Å². The number of amides is 1. The Kier molecular flexibility index (Phi) is 5.71. The SMILES string of the molecule is CC(C)(C)CCN1C(=O)C(C2=NS(=O)(=O)c3cc(NS(C)(=O)=O)ccc3N2)=C(O)C2C1[C@@H]1CC[C@H]2C1. The van der Waals surface area contributed by atoms with Crippen LogP contribution in [0.5, 0.6) is 0 Å². The standard InChI is InChI=1S/C24H32N4O6S2/c1-24(2,3)9-10-28-20-14-6-5-13(11-14)18(20)21(29)19(23(28)30)22-25-16-8-7-15(26-35(4,31)32)12-17(16)36(33,34)27-22/h7-8,12-14,18,20,26,29H,5-6,9-11H2,1-4H3,(H,25,27)/t13-,14+,18?,20?/m0/s1. The monoisotopic (exact) mass is 536 g/mol. The third kappa shape index (κ3) is 4.38. The van der Waals surface area contributed by atoms with E-state index in [2.05, 4.69) is 35.2 Å². The second kappa shape index (κ2) is 8.20. The lowest BCUT2D eigenvalue weighted by Gasteiger charge is -2.44. The van der Waals surface area contributed by atoms with Crippen molar-refractivity contribution in [3.8, 4) is 0 Å². The van der Waals surface area contributed by atoms with Crippen LogP contribution in [0.4, 0.5) is 11.4 Å². The molecular formula is C24H32N4O6S2. The molecule has 2 aliphatic carbocycles. The lowest BCUT2D eigenvalue weighted by Crippen LogP contribution is -2.54. The number of sulfonamides is 2. The Morgan fingerprint density at radius 2 is 1.92 bits per heavy atom. The normalized spacial score (nSPS) is 28.9. The van der Waals surface area contributed by atoms with Gasteiger partial charge in [0, 0.05) is 24.2 Å². The molecule has 2 bridgehead atoms. The Bertz CT molecular complexity index is 1410. The summed E-state index contributed by atoms with van der Waals surface area (Å²) < 4.78 is 55.5. The van der Waals surface area contributed by atoms with Crippen molar-refractivity contribution >= 4 is 43.2 Å². The number of aliphatic hydroxyl groups excluding tert-OH is 1. The first kappa shape index (κ1) is 25.1. The van der Waals surface area contributed by atoms with Crippen LogP contribution in [0.3, 0.4) is 0 Å². The number of hydrogen-bond acceptors (Lipinski definition) is 7. The highest BCUT2D eigenvalue weighted by Gasteiger charge is 2.57. The van der Waals surface area contributed by atoms with Crippen molar-refractivity contribution in [3.05, 3.63) is 29.5 Å². The smallest absolute Gasteiger partial charge is 0.286 e. The van der Waals surface area contributed by atoms with Crippen molar-refractivity contribution in [3.63, 3.8) is 0 Å². The van der Waals surface area contributed by atoms with E-state index in [9.17, 15) is 26.7 Å². The molecule has 4 atom stereocenters. The fraction of sp³-hybridized carbons (Fsp3) is 0.583. The quantitative estimate of drug-likeness (QED) is 0.524. The molecule has 196 valence electrons. The number of aliphatic hydroxyl groups is 1. The number of nitrogens with one attached hydrogen (secondary N) is 2. The number of benzene rings is 1. The van der Waals surface area contributed by atoms with Gasteiger partial charge in [0.05, 0.1) is 11.9 Å². The number of amidine groups is 1. The van der Waals surface area contributed by atoms with E-state index in [1.54, 1.807) is 0 Å². The number of nitrogens with zero attached hydrogens (tertiary/aromatic N) is 2. The number of rotatable bonds is 5. The zero-order valence-electron chi connectivity index (χ0n) is 20.8. The summed E-state index contributed by atoms with van der Waals surface area (Å²) in [5.41, 5.74) is 0.139. The zero-order chi connectivity index (χ0) is 26.2. The van der Waals surface area contributed by atoms with Crippen molar-refractivity contribution in [2.24, 2.45) is 27.6 Å². The Morgan fingerprint density at radius 1 is 1.22 bits per heavy atom. The molecule has 12 heteroatoms. The summed E-state index contributed by atoms with van der Waals surface area (Å²) in [7, 11) is -7.89. The van der Waals surface area contributed by atoms with Gasteiger partial charge in [0.15, 0.2) is 5.84 Å². The number of fused-ring (bicyclic) bond motifs is 6. The predicted molar refractivity (Wildman–Crippen MR) is 137 cm³/mol. The molecule has 0 radical (unpaired) electrons. The van der Waals surface area contributed by atoms with Crippen LogP contribution in [0.25, 0.3) is 0 Å². The molecule has 2 unspecified atom stereocenters. The average molecular weight is 537 g/mol. The summed E-state index contributed by atoms with van der Waals surface area (Å²) >= 11 is 0. The van der Waals surface area contributed by atoms with Crippen LogP contribution in [0.2, 0.25) is 0 Å². The molecule has 0 spiro atoms. The largest absolute Gasteiger partial charge is 0.511 e. The first-order valence-corrected chi connectivity index (χ1v) is 15.5. The van der Waals surface area contributed by atoms with E-state index < -0.39 is 26.0 Å². The van der Waals surface area contributed by atoms with E-state index >= 15 is 0 Å². The molecule has 36 heavy (non-hydrogen) atoms. The molecular weight excluding hydrogens is 504 g/mol. The zero-order valence-corrected chi connectivity index (χ0v) is 22.4. The van der Waals surface area contributed by atoms with E-state index in [1.165, 1.54) is 18.2 Å². The predicted octanol–water partition coefficient (Wildman–Crippen LogP) is 3.08. The summed E-state index contributed by atoms with van der Waals surface area (Å²) in [4.78, 5) is 15.4. The van der Waals surface area contributed by atoms with Gasteiger partial charge in [-0.3, -0.25) is 9.52 Å². The highest BCUT2D eigenvalue weighted by atomic mass is 32.2. The molecule has 2 aliphatic heterocycles. The second-order valence-corrected chi connectivity index (χ2v) is 14.9. The van der Waals surface area contributed by atoms with Crippen LogP contribution in [0.15, 0.2) is 38.8 Å². The minimum Gasteiger partial charge on any atom is -0.511 e.